The van der Waals surface area contributed by atoms with Crippen LogP contribution in [-0.4, -0.2) is 44.7 Å². The van der Waals surface area contributed by atoms with E-state index in [1.54, 1.807) is 14.2 Å². The van der Waals surface area contributed by atoms with Gasteiger partial charge in [-0.2, -0.15) is 0 Å². The van der Waals surface area contributed by atoms with Gasteiger partial charge < -0.3 is 19.7 Å². The van der Waals surface area contributed by atoms with Crippen molar-refractivity contribution < 1.29 is 9.47 Å². The minimum atomic E-state index is 0.560. The lowest BCUT2D eigenvalue weighted by atomic mass is 9.99. The van der Waals surface area contributed by atoms with Crippen molar-refractivity contribution in [2.75, 3.05) is 33.9 Å². The number of fused-ring (bicyclic) bond motifs is 1. The zero-order valence-electron chi connectivity index (χ0n) is 15.0. The molecule has 1 N–H and O–H groups in total. The van der Waals surface area contributed by atoms with Gasteiger partial charge in [0, 0.05) is 26.2 Å². The van der Waals surface area contributed by atoms with Gasteiger partial charge in [0.25, 0.3) is 0 Å². The van der Waals surface area contributed by atoms with E-state index in [9.17, 15) is 0 Å². The first-order chi connectivity index (χ1) is 11.1. The Morgan fingerprint density at radius 3 is 2.43 bits per heavy atom. The quantitative estimate of drug-likeness (QED) is 0.669. The highest BCUT2D eigenvalue weighted by Gasteiger charge is 2.21. The molecule has 1 aliphatic rings. The predicted molar refractivity (Wildman–Crippen MR) is 94.5 cm³/mol. The van der Waals surface area contributed by atoms with Crippen molar-refractivity contribution in [3.8, 4) is 11.5 Å². The van der Waals surface area contributed by atoms with Gasteiger partial charge in [-0.25, -0.2) is 0 Å². The highest BCUT2D eigenvalue weighted by Crippen LogP contribution is 2.33. The summed E-state index contributed by atoms with van der Waals surface area (Å²) in [5.74, 6) is 3.16. The van der Waals surface area contributed by atoms with Gasteiger partial charge in [-0.1, -0.05) is 13.8 Å². The fourth-order valence-corrected chi connectivity index (χ4v) is 2.76. The number of guanidine groups is 1. The Morgan fingerprint density at radius 1 is 1.22 bits per heavy atom. The lowest BCUT2D eigenvalue weighted by Gasteiger charge is -2.32. The summed E-state index contributed by atoms with van der Waals surface area (Å²) in [7, 11) is 3.36. The second-order valence-corrected chi connectivity index (χ2v) is 6.24. The fraction of sp³-hybridized carbons (Fsp3) is 0.611. The van der Waals surface area contributed by atoms with Crippen LogP contribution in [0.4, 0.5) is 0 Å². The molecular formula is C18H29N3O2. The Kier molecular flexibility index (Phi) is 6.13. The van der Waals surface area contributed by atoms with Crippen molar-refractivity contribution in [2.45, 2.75) is 33.7 Å². The molecule has 1 aromatic carbocycles. The van der Waals surface area contributed by atoms with E-state index in [1.807, 2.05) is 0 Å². The molecule has 0 saturated heterocycles. The third-order valence-corrected chi connectivity index (χ3v) is 3.96. The SMILES string of the molecule is CCNC(=NCC(C)C)N1CCc2cc(OC)c(OC)cc2C1. The van der Waals surface area contributed by atoms with Crippen LogP contribution in [0.3, 0.4) is 0 Å². The van der Waals surface area contributed by atoms with Crippen LogP contribution in [0, 0.1) is 5.92 Å². The summed E-state index contributed by atoms with van der Waals surface area (Å²) in [6.07, 6.45) is 0.988. The molecule has 0 unspecified atom stereocenters. The molecule has 0 amide bonds. The summed E-state index contributed by atoms with van der Waals surface area (Å²) < 4.78 is 10.8. The van der Waals surface area contributed by atoms with E-state index >= 15 is 0 Å². The van der Waals surface area contributed by atoms with Gasteiger partial charge in [-0.3, -0.25) is 4.99 Å². The zero-order valence-corrected chi connectivity index (χ0v) is 15.0. The van der Waals surface area contributed by atoms with E-state index in [0.29, 0.717) is 5.92 Å². The Hall–Kier alpha value is -1.91. The van der Waals surface area contributed by atoms with Crippen molar-refractivity contribution in [3.63, 3.8) is 0 Å². The van der Waals surface area contributed by atoms with Crippen molar-refractivity contribution in [1.29, 1.82) is 0 Å². The molecule has 1 heterocycles. The summed E-state index contributed by atoms with van der Waals surface area (Å²) in [6.45, 7) is 10.0. The molecule has 128 valence electrons. The fourth-order valence-electron chi connectivity index (χ4n) is 2.76. The van der Waals surface area contributed by atoms with E-state index in [0.717, 1.165) is 50.1 Å². The van der Waals surface area contributed by atoms with E-state index in [2.05, 4.69) is 43.1 Å². The molecule has 0 radical (unpaired) electrons. The highest BCUT2D eigenvalue weighted by atomic mass is 16.5. The maximum absolute atomic E-state index is 5.44. The maximum Gasteiger partial charge on any atom is 0.194 e. The number of nitrogens with zero attached hydrogens (tertiary/aromatic N) is 2. The van der Waals surface area contributed by atoms with Crippen LogP contribution in [0.5, 0.6) is 11.5 Å². The molecule has 23 heavy (non-hydrogen) atoms. The molecule has 0 spiro atoms. The largest absolute Gasteiger partial charge is 0.493 e. The molecule has 0 saturated carbocycles. The van der Waals surface area contributed by atoms with Crippen LogP contribution in [0.2, 0.25) is 0 Å². The summed E-state index contributed by atoms with van der Waals surface area (Å²) >= 11 is 0. The Morgan fingerprint density at radius 2 is 1.87 bits per heavy atom. The van der Waals surface area contributed by atoms with Gasteiger partial charge in [0.1, 0.15) is 0 Å². The van der Waals surface area contributed by atoms with E-state index in [4.69, 9.17) is 14.5 Å². The van der Waals surface area contributed by atoms with E-state index in [1.165, 1.54) is 11.1 Å². The molecule has 1 aromatic rings. The number of hydrogen-bond acceptors (Lipinski definition) is 3. The first-order valence-electron chi connectivity index (χ1n) is 8.36. The molecule has 0 aliphatic carbocycles. The van der Waals surface area contributed by atoms with Crippen molar-refractivity contribution in [3.05, 3.63) is 23.3 Å². The molecule has 0 bridgehead atoms. The first kappa shape index (κ1) is 17.4. The van der Waals surface area contributed by atoms with Gasteiger partial charge in [-0.05, 0) is 42.5 Å². The van der Waals surface area contributed by atoms with Crippen LogP contribution in [0.25, 0.3) is 0 Å². The maximum atomic E-state index is 5.44. The molecule has 0 aromatic heterocycles. The number of hydrogen-bond donors (Lipinski definition) is 1. The van der Waals surface area contributed by atoms with Gasteiger partial charge in [-0.15, -0.1) is 0 Å². The molecular weight excluding hydrogens is 290 g/mol. The average Bonchev–Trinajstić information content (AvgIpc) is 2.56. The highest BCUT2D eigenvalue weighted by molar-refractivity contribution is 5.80. The lowest BCUT2D eigenvalue weighted by Crippen LogP contribution is -2.44. The van der Waals surface area contributed by atoms with Crippen LogP contribution < -0.4 is 14.8 Å². The third kappa shape index (κ3) is 4.30. The monoisotopic (exact) mass is 319 g/mol. The average molecular weight is 319 g/mol. The second kappa shape index (κ2) is 8.09. The van der Waals surface area contributed by atoms with Crippen molar-refractivity contribution >= 4 is 5.96 Å². The third-order valence-electron chi connectivity index (χ3n) is 3.96. The van der Waals surface area contributed by atoms with Gasteiger partial charge in [0.15, 0.2) is 17.5 Å². The molecule has 1 aliphatic heterocycles. The van der Waals surface area contributed by atoms with Crippen molar-refractivity contribution in [1.82, 2.24) is 10.2 Å². The Balaban J connectivity index is 2.22. The summed E-state index contributed by atoms with van der Waals surface area (Å²) in [4.78, 5) is 7.08. The van der Waals surface area contributed by atoms with Crippen LogP contribution in [-0.2, 0) is 13.0 Å². The summed E-state index contributed by atoms with van der Waals surface area (Å²) in [5, 5.41) is 3.41. The number of benzene rings is 1. The van der Waals surface area contributed by atoms with E-state index in [-0.39, 0.29) is 0 Å². The van der Waals surface area contributed by atoms with Gasteiger partial charge in [0.05, 0.1) is 14.2 Å². The predicted octanol–water partition coefficient (Wildman–Crippen LogP) is 2.68. The van der Waals surface area contributed by atoms with Crippen LogP contribution in [0.1, 0.15) is 31.9 Å². The van der Waals surface area contributed by atoms with Gasteiger partial charge >= 0.3 is 0 Å². The molecule has 0 atom stereocenters. The zero-order chi connectivity index (χ0) is 16.8. The number of nitrogens with one attached hydrogen (secondary N) is 1. The molecule has 2 rings (SSSR count). The Labute approximate surface area is 139 Å². The normalized spacial score (nSPS) is 14.7. The molecule has 5 nitrogen and oxygen atoms in total. The Bertz CT molecular complexity index is 555. The number of ether oxygens (including phenoxy) is 2. The topological polar surface area (TPSA) is 46.1 Å². The molecule has 5 heteroatoms. The number of rotatable bonds is 5. The van der Waals surface area contributed by atoms with Gasteiger partial charge in [0.2, 0.25) is 0 Å². The first-order valence-corrected chi connectivity index (χ1v) is 8.36. The second-order valence-electron chi connectivity index (χ2n) is 6.24. The minimum Gasteiger partial charge on any atom is -0.493 e. The summed E-state index contributed by atoms with van der Waals surface area (Å²) in [5.41, 5.74) is 2.61. The van der Waals surface area contributed by atoms with Crippen molar-refractivity contribution in [2.24, 2.45) is 10.9 Å². The minimum absolute atomic E-state index is 0.560. The standard InChI is InChI=1S/C18H29N3O2/c1-6-19-18(20-11-13(2)3)21-8-7-14-9-16(22-4)17(23-5)10-15(14)12-21/h9-10,13H,6-8,11-12H2,1-5H3,(H,19,20). The van der Waals surface area contributed by atoms with E-state index < -0.39 is 0 Å². The number of aliphatic imine (C=N–C) groups is 1. The summed E-state index contributed by atoms with van der Waals surface area (Å²) in [6, 6.07) is 4.19. The van der Waals surface area contributed by atoms with Crippen LogP contribution >= 0.6 is 0 Å². The van der Waals surface area contributed by atoms with Crippen LogP contribution in [0.15, 0.2) is 17.1 Å². The lowest BCUT2D eigenvalue weighted by molar-refractivity contribution is 0.345. The molecule has 0 fully saturated rings. The number of methoxy groups -OCH3 is 2. The smallest absolute Gasteiger partial charge is 0.194 e.